The van der Waals surface area contributed by atoms with E-state index in [2.05, 4.69) is 11.7 Å². The van der Waals surface area contributed by atoms with Gasteiger partial charge in [0.2, 0.25) is 0 Å². The fraction of sp³-hybridized carbons (Fsp3) is 0.923. The molecule has 0 spiro atoms. The van der Waals surface area contributed by atoms with Crippen LogP contribution in [0.4, 0.5) is 0 Å². The Kier molecular flexibility index (Phi) is 14.8. The van der Waals surface area contributed by atoms with Crippen LogP contribution in [0.1, 0.15) is 64.7 Å². The minimum absolute atomic E-state index is 0. The van der Waals surface area contributed by atoms with Gasteiger partial charge in [0, 0.05) is 29.6 Å². The van der Waals surface area contributed by atoms with Gasteiger partial charge in [0.15, 0.2) is 5.25 Å². The number of hydrogen-bond donors (Lipinski definition) is 1. The molecule has 0 saturated carbocycles. The molecule has 0 aromatic rings. The van der Waals surface area contributed by atoms with Crippen LogP contribution in [-0.4, -0.2) is 60.9 Å². The number of ether oxygens (including phenoxy) is 1. The van der Waals surface area contributed by atoms with Gasteiger partial charge in [-0.05, 0) is 6.42 Å². The van der Waals surface area contributed by atoms with Gasteiger partial charge in [-0.25, -0.2) is 0 Å². The summed E-state index contributed by atoms with van der Waals surface area (Å²) in [4.78, 5) is 11.2. The second-order valence-electron chi connectivity index (χ2n) is 4.79. The maximum Gasteiger partial charge on any atom is 0.326 e. The van der Waals surface area contributed by atoms with E-state index < -0.39 is 21.3 Å². The second-order valence-corrected chi connectivity index (χ2v) is 6.39. The van der Waals surface area contributed by atoms with Gasteiger partial charge in [0.1, 0.15) is 0 Å². The van der Waals surface area contributed by atoms with E-state index in [0.29, 0.717) is 6.42 Å². The third-order valence-corrected chi connectivity index (χ3v) is 4.29. The van der Waals surface area contributed by atoms with Crippen LogP contribution in [-0.2, 0) is 19.6 Å². The molecule has 0 bridgehead atoms. The van der Waals surface area contributed by atoms with Crippen molar-refractivity contribution in [2.24, 2.45) is 0 Å². The van der Waals surface area contributed by atoms with Gasteiger partial charge >= 0.3 is 5.97 Å². The average Bonchev–Trinajstić information content (AvgIpc) is 2.34. The topological polar surface area (TPSA) is 80.7 Å². The molecule has 0 aromatic carbocycles. The molecule has 20 heavy (non-hydrogen) atoms. The molecule has 1 N–H and O–H groups in total. The molecule has 1 radical (unpaired) electrons. The van der Waals surface area contributed by atoms with E-state index in [-0.39, 0.29) is 36.0 Å². The fourth-order valence-electron chi connectivity index (χ4n) is 1.98. The molecule has 0 aromatic heterocycles. The molecular weight excluding hydrogens is 291 g/mol. The Labute approximate surface area is 144 Å². The first-order chi connectivity index (χ1) is 8.93. The minimum atomic E-state index is -4.36. The number of carbonyl (C=O) groups is 1. The molecule has 1 atom stereocenters. The zero-order chi connectivity index (χ0) is 14.7. The maximum atomic E-state index is 11.2. The average molecular weight is 317 g/mol. The van der Waals surface area contributed by atoms with E-state index in [9.17, 15) is 13.2 Å². The van der Waals surface area contributed by atoms with Crippen molar-refractivity contribution in [1.29, 1.82) is 0 Å². The second kappa shape index (κ2) is 13.1. The summed E-state index contributed by atoms with van der Waals surface area (Å²) in [5.41, 5.74) is 0. The van der Waals surface area contributed by atoms with Crippen LogP contribution in [0.3, 0.4) is 0 Å². The monoisotopic (exact) mass is 317 g/mol. The van der Waals surface area contributed by atoms with E-state index >= 15 is 0 Å². The Balaban J connectivity index is 0. The van der Waals surface area contributed by atoms with Crippen LogP contribution >= 0.6 is 0 Å². The van der Waals surface area contributed by atoms with Crippen LogP contribution in [0.2, 0.25) is 0 Å². The normalized spacial score (nSPS) is 12.6. The van der Waals surface area contributed by atoms with E-state index in [1.54, 1.807) is 0 Å². The van der Waals surface area contributed by atoms with Crippen molar-refractivity contribution in [3.8, 4) is 0 Å². The third-order valence-electron chi connectivity index (χ3n) is 3.14. The Morgan fingerprint density at radius 1 is 1.05 bits per heavy atom. The number of esters is 1. The first kappa shape index (κ1) is 22.7. The molecule has 0 aliphatic heterocycles. The van der Waals surface area contributed by atoms with Crippen LogP contribution in [0, 0.1) is 0 Å². The molecule has 0 saturated heterocycles. The van der Waals surface area contributed by atoms with Gasteiger partial charge in [-0.2, -0.15) is 8.42 Å². The first-order valence-electron chi connectivity index (χ1n) is 6.97. The van der Waals surface area contributed by atoms with Crippen molar-refractivity contribution in [1.82, 2.24) is 0 Å². The molecule has 7 heteroatoms. The summed E-state index contributed by atoms with van der Waals surface area (Å²) in [5.74, 6) is -0.884. The number of methoxy groups -OCH3 is 1. The molecule has 0 rings (SSSR count). The van der Waals surface area contributed by atoms with E-state index in [1.165, 1.54) is 25.7 Å². The number of carbonyl (C=O) groups excluding carboxylic acids is 1. The Morgan fingerprint density at radius 3 is 1.90 bits per heavy atom. The van der Waals surface area contributed by atoms with E-state index in [0.717, 1.165) is 26.4 Å². The smallest absolute Gasteiger partial charge is 0.326 e. The van der Waals surface area contributed by atoms with Gasteiger partial charge in [-0.1, -0.05) is 58.3 Å². The van der Waals surface area contributed by atoms with Crippen molar-refractivity contribution in [3.63, 3.8) is 0 Å². The van der Waals surface area contributed by atoms with Crippen molar-refractivity contribution in [3.05, 3.63) is 0 Å². The van der Waals surface area contributed by atoms with E-state index in [1.807, 2.05) is 0 Å². The molecule has 0 aliphatic rings. The summed E-state index contributed by atoms with van der Waals surface area (Å²) in [6.45, 7) is 2.17. The largest absolute Gasteiger partial charge is 0.468 e. The minimum Gasteiger partial charge on any atom is -0.468 e. The van der Waals surface area contributed by atoms with Crippen molar-refractivity contribution in [2.75, 3.05) is 7.11 Å². The van der Waals surface area contributed by atoms with Crippen LogP contribution in [0.5, 0.6) is 0 Å². The molecule has 115 valence electrons. The molecule has 1 unspecified atom stereocenters. The van der Waals surface area contributed by atoms with Crippen molar-refractivity contribution >= 4 is 45.6 Å². The predicted molar refractivity (Wildman–Crippen MR) is 80.3 cm³/mol. The summed E-state index contributed by atoms with van der Waals surface area (Å²) < 4.78 is 35.4. The molecule has 0 heterocycles. The van der Waals surface area contributed by atoms with Gasteiger partial charge < -0.3 is 4.74 Å². The molecule has 0 fully saturated rings. The van der Waals surface area contributed by atoms with Crippen LogP contribution in [0.15, 0.2) is 0 Å². The standard InChI is InChI=1S/C13H26O5S.Na/c1-3-4-5-6-7-8-9-10-11-12(13(14)18-2)19(15,16)17;/h12H,3-11H2,1-2H3,(H,15,16,17);. The first-order valence-corrected chi connectivity index (χ1v) is 8.48. The quantitative estimate of drug-likeness (QED) is 0.274. The summed E-state index contributed by atoms with van der Waals surface area (Å²) >= 11 is 0. The number of unbranched alkanes of at least 4 members (excludes halogenated alkanes) is 7. The molecular formula is C13H26NaO5S. The summed E-state index contributed by atoms with van der Waals surface area (Å²) in [6, 6.07) is 0. The number of rotatable bonds is 11. The summed E-state index contributed by atoms with van der Waals surface area (Å²) in [7, 11) is -3.24. The van der Waals surface area contributed by atoms with Gasteiger partial charge in [-0.15, -0.1) is 0 Å². The predicted octanol–water partition coefficient (Wildman–Crippen LogP) is 2.57. The van der Waals surface area contributed by atoms with Crippen molar-refractivity contribution in [2.45, 2.75) is 70.0 Å². The van der Waals surface area contributed by atoms with Gasteiger partial charge in [0.05, 0.1) is 7.11 Å². The zero-order valence-electron chi connectivity index (χ0n) is 12.9. The molecule has 0 amide bonds. The molecule has 0 aliphatic carbocycles. The van der Waals surface area contributed by atoms with Crippen molar-refractivity contribution < 1.29 is 22.5 Å². The Morgan fingerprint density at radius 2 is 1.50 bits per heavy atom. The summed E-state index contributed by atoms with van der Waals surface area (Å²) in [5, 5.41) is -1.43. The number of hydrogen-bond acceptors (Lipinski definition) is 4. The van der Waals surface area contributed by atoms with Gasteiger partial charge in [-0.3, -0.25) is 9.35 Å². The SMILES string of the molecule is CCCCCCCCCCC(C(=O)OC)S(=O)(=O)O.[Na]. The Bertz CT molecular complexity index is 343. The zero-order valence-corrected chi connectivity index (χ0v) is 15.7. The van der Waals surface area contributed by atoms with Crippen LogP contribution < -0.4 is 0 Å². The fourth-order valence-corrected chi connectivity index (χ4v) is 2.79. The molecule has 5 nitrogen and oxygen atoms in total. The van der Waals surface area contributed by atoms with E-state index in [4.69, 9.17) is 4.55 Å². The third kappa shape index (κ3) is 11.1. The van der Waals surface area contributed by atoms with Crippen LogP contribution in [0.25, 0.3) is 0 Å². The summed E-state index contributed by atoms with van der Waals surface area (Å²) in [6.07, 6.45) is 8.68. The Hall–Kier alpha value is 0.380. The maximum absolute atomic E-state index is 11.2. The van der Waals surface area contributed by atoms with Gasteiger partial charge in [0.25, 0.3) is 10.1 Å².